The topological polar surface area (TPSA) is 39.7 Å². The number of rotatable bonds is 6. The second-order valence-corrected chi connectivity index (χ2v) is 5.79. The Morgan fingerprint density at radius 1 is 1.35 bits per heavy atom. The van der Waals surface area contributed by atoms with Crippen molar-refractivity contribution < 1.29 is 8.78 Å². The number of nitrogens with one attached hydrogen (secondary N) is 2. The number of anilines is 1. The zero-order chi connectivity index (χ0) is 16.7. The highest BCUT2D eigenvalue weighted by Gasteiger charge is 2.25. The van der Waals surface area contributed by atoms with Crippen molar-refractivity contribution in [3.63, 3.8) is 0 Å². The van der Waals surface area contributed by atoms with Gasteiger partial charge in [-0.25, -0.2) is 8.78 Å². The third-order valence-electron chi connectivity index (χ3n) is 3.91. The summed E-state index contributed by atoms with van der Waals surface area (Å²) in [6.07, 6.45) is 3.08. The van der Waals surface area contributed by atoms with Gasteiger partial charge in [-0.2, -0.15) is 0 Å². The number of guanidine groups is 1. The highest BCUT2D eigenvalue weighted by atomic mass is 19.1. The first-order chi connectivity index (χ1) is 11.1. The SMILES string of the molecule is CCCCN=C(NCC)NC1CCN(c2ccc(F)cc2F)C1. The molecule has 0 amide bonds. The summed E-state index contributed by atoms with van der Waals surface area (Å²) in [6, 6.07) is 3.95. The fourth-order valence-electron chi connectivity index (χ4n) is 2.70. The summed E-state index contributed by atoms with van der Waals surface area (Å²) in [5, 5.41) is 6.65. The van der Waals surface area contributed by atoms with Crippen LogP contribution in [-0.4, -0.2) is 38.2 Å². The smallest absolute Gasteiger partial charge is 0.191 e. The predicted octanol–water partition coefficient (Wildman–Crippen LogP) is 2.90. The highest BCUT2D eigenvalue weighted by molar-refractivity contribution is 5.80. The van der Waals surface area contributed by atoms with Gasteiger partial charge in [0.25, 0.3) is 0 Å². The van der Waals surface area contributed by atoms with E-state index in [1.165, 1.54) is 12.1 Å². The second kappa shape index (κ2) is 8.70. The van der Waals surface area contributed by atoms with E-state index in [0.717, 1.165) is 50.9 Å². The minimum Gasteiger partial charge on any atom is -0.367 e. The average molecular weight is 324 g/mol. The van der Waals surface area contributed by atoms with Gasteiger partial charge in [0.1, 0.15) is 11.6 Å². The third kappa shape index (κ3) is 5.08. The lowest BCUT2D eigenvalue weighted by Crippen LogP contribution is -2.44. The second-order valence-electron chi connectivity index (χ2n) is 5.79. The van der Waals surface area contributed by atoms with Crippen LogP contribution in [0.15, 0.2) is 23.2 Å². The van der Waals surface area contributed by atoms with E-state index in [0.29, 0.717) is 12.2 Å². The Balaban J connectivity index is 1.94. The van der Waals surface area contributed by atoms with Crippen molar-refractivity contribution in [2.24, 2.45) is 4.99 Å². The van der Waals surface area contributed by atoms with Gasteiger partial charge in [-0.1, -0.05) is 13.3 Å². The first kappa shape index (κ1) is 17.5. The van der Waals surface area contributed by atoms with Gasteiger partial charge in [0.2, 0.25) is 0 Å². The molecule has 0 aliphatic carbocycles. The summed E-state index contributed by atoms with van der Waals surface area (Å²) in [4.78, 5) is 6.49. The maximum Gasteiger partial charge on any atom is 0.191 e. The molecule has 2 N–H and O–H groups in total. The van der Waals surface area contributed by atoms with Crippen LogP contribution in [0.5, 0.6) is 0 Å². The van der Waals surface area contributed by atoms with E-state index >= 15 is 0 Å². The van der Waals surface area contributed by atoms with Crippen molar-refractivity contribution in [3.8, 4) is 0 Å². The molecule has 0 saturated carbocycles. The van der Waals surface area contributed by atoms with Crippen LogP contribution in [-0.2, 0) is 0 Å². The van der Waals surface area contributed by atoms with Crippen LogP contribution in [0.3, 0.4) is 0 Å². The van der Waals surface area contributed by atoms with E-state index in [9.17, 15) is 8.78 Å². The summed E-state index contributed by atoms with van der Waals surface area (Å²) in [5.74, 6) is -0.237. The summed E-state index contributed by atoms with van der Waals surface area (Å²) < 4.78 is 26.9. The van der Waals surface area contributed by atoms with Crippen LogP contribution in [0.1, 0.15) is 33.1 Å². The maximum absolute atomic E-state index is 13.9. The predicted molar refractivity (Wildman–Crippen MR) is 91.0 cm³/mol. The number of hydrogen-bond acceptors (Lipinski definition) is 2. The molecule has 1 aliphatic rings. The lowest BCUT2D eigenvalue weighted by molar-refractivity contribution is 0.580. The molecule has 1 unspecified atom stereocenters. The summed E-state index contributed by atoms with van der Waals surface area (Å²) >= 11 is 0. The standard InChI is InChI=1S/C17H26F2N4/c1-3-5-9-21-17(20-4-2)22-14-8-10-23(12-14)16-7-6-13(18)11-15(16)19/h6-7,11,14H,3-5,8-10,12H2,1-2H3,(H2,20,21,22). The van der Waals surface area contributed by atoms with E-state index in [1.807, 2.05) is 11.8 Å². The van der Waals surface area contributed by atoms with Crippen molar-refractivity contribution in [1.82, 2.24) is 10.6 Å². The van der Waals surface area contributed by atoms with Gasteiger partial charge >= 0.3 is 0 Å². The van der Waals surface area contributed by atoms with E-state index in [1.54, 1.807) is 0 Å². The molecule has 0 bridgehead atoms. The van der Waals surface area contributed by atoms with Crippen LogP contribution in [0.25, 0.3) is 0 Å². The molecule has 6 heteroatoms. The maximum atomic E-state index is 13.9. The molecular weight excluding hydrogens is 298 g/mol. The molecule has 1 saturated heterocycles. The van der Waals surface area contributed by atoms with Gasteiger partial charge in [-0.05, 0) is 31.9 Å². The molecule has 1 aromatic rings. The van der Waals surface area contributed by atoms with Crippen LogP contribution in [0.4, 0.5) is 14.5 Å². The summed E-state index contributed by atoms with van der Waals surface area (Å²) in [5.41, 5.74) is 0.462. The number of nitrogens with zero attached hydrogens (tertiary/aromatic N) is 2. The molecule has 23 heavy (non-hydrogen) atoms. The van der Waals surface area contributed by atoms with Crippen molar-refractivity contribution in [2.75, 3.05) is 31.1 Å². The molecule has 0 aromatic heterocycles. The van der Waals surface area contributed by atoms with Crippen LogP contribution < -0.4 is 15.5 Å². The number of benzene rings is 1. The number of halogens is 2. The lowest BCUT2D eigenvalue weighted by Gasteiger charge is -2.21. The van der Waals surface area contributed by atoms with E-state index < -0.39 is 11.6 Å². The van der Waals surface area contributed by atoms with Crippen molar-refractivity contribution in [2.45, 2.75) is 39.2 Å². The minimum atomic E-state index is -0.544. The van der Waals surface area contributed by atoms with Crippen molar-refractivity contribution in [3.05, 3.63) is 29.8 Å². The molecule has 0 spiro atoms. The Hall–Kier alpha value is -1.85. The molecule has 2 rings (SSSR count). The van der Waals surface area contributed by atoms with E-state index in [-0.39, 0.29) is 6.04 Å². The summed E-state index contributed by atoms with van der Waals surface area (Å²) in [7, 11) is 0. The molecule has 1 aliphatic heterocycles. The zero-order valence-electron chi connectivity index (χ0n) is 13.9. The van der Waals surface area contributed by atoms with Gasteiger partial charge in [0, 0.05) is 38.3 Å². The summed E-state index contributed by atoms with van der Waals surface area (Å²) in [6.45, 7) is 7.21. The van der Waals surface area contributed by atoms with Crippen molar-refractivity contribution in [1.29, 1.82) is 0 Å². The fourth-order valence-corrected chi connectivity index (χ4v) is 2.70. The first-order valence-electron chi connectivity index (χ1n) is 8.38. The van der Waals surface area contributed by atoms with Gasteiger partial charge in [0.05, 0.1) is 5.69 Å². The Morgan fingerprint density at radius 3 is 2.87 bits per heavy atom. The van der Waals surface area contributed by atoms with E-state index in [4.69, 9.17) is 0 Å². The van der Waals surface area contributed by atoms with Crippen molar-refractivity contribution >= 4 is 11.6 Å². The Labute approximate surface area is 137 Å². The normalized spacial score (nSPS) is 18.3. The first-order valence-corrected chi connectivity index (χ1v) is 8.38. The van der Waals surface area contributed by atoms with Crippen LogP contribution in [0, 0.1) is 11.6 Å². The molecular formula is C17H26F2N4. The highest BCUT2D eigenvalue weighted by Crippen LogP contribution is 2.24. The third-order valence-corrected chi connectivity index (χ3v) is 3.91. The molecule has 1 heterocycles. The Kier molecular flexibility index (Phi) is 6.62. The molecule has 4 nitrogen and oxygen atoms in total. The van der Waals surface area contributed by atoms with Crippen LogP contribution >= 0.6 is 0 Å². The molecule has 1 aromatic carbocycles. The molecule has 1 fully saturated rings. The molecule has 0 radical (unpaired) electrons. The molecule has 1 atom stereocenters. The Morgan fingerprint density at radius 2 is 2.17 bits per heavy atom. The average Bonchev–Trinajstić information content (AvgIpc) is 2.96. The number of aliphatic imine (C=N–C) groups is 1. The quantitative estimate of drug-likeness (QED) is 0.480. The van der Waals surface area contributed by atoms with Crippen LogP contribution in [0.2, 0.25) is 0 Å². The van der Waals surface area contributed by atoms with Gasteiger partial charge in [0.15, 0.2) is 5.96 Å². The largest absolute Gasteiger partial charge is 0.367 e. The lowest BCUT2D eigenvalue weighted by atomic mass is 10.2. The van der Waals surface area contributed by atoms with Gasteiger partial charge in [-0.3, -0.25) is 4.99 Å². The zero-order valence-corrected chi connectivity index (χ0v) is 13.9. The Bertz CT molecular complexity index is 533. The fraction of sp³-hybridized carbons (Fsp3) is 0.588. The van der Waals surface area contributed by atoms with Gasteiger partial charge < -0.3 is 15.5 Å². The minimum absolute atomic E-state index is 0.207. The number of hydrogen-bond donors (Lipinski definition) is 2. The monoisotopic (exact) mass is 324 g/mol. The van der Waals surface area contributed by atoms with E-state index in [2.05, 4.69) is 22.5 Å². The molecule has 128 valence electrons. The number of unbranched alkanes of at least 4 members (excludes halogenated alkanes) is 1. The van der Waals surface area contributed by atoms with Gasteiger partial charge in [-0.15, -0.1) is 0 Å².